The van der Waals surface area contributed by atoms with Gasteiger partial charge in [0.25, 0.3) is 0 Å². The van der Waals surface area contributed by atoms with Crippen molar-refractivity contribution in [3.63, 3.8) is 0 Å². The summed E-state index contributed by atoms with van der Waals surface area (Å²) in [5.74, 6) is 1.81. The molecule has 0 amide bonds. The molecule has 0 bridgehead atoms. The summed E-state index contributed by atoms with van der Waals surface area (Å²) in [5, 5.41) is 6.98. The highest BCUT2D eigenvalue weighted by atomic mass is 16.5. The van der Waals surface area contributed by atoms with Gasteiger partial charge in [-0.1, -0.05) is 44.2 Å². The van der Waals surface area contributed by atoms with E-state index in [4.69, 9.17) is 4.74 Å². The molecule has 2 unspecified atom stereocenters. The topological polar surface area (TPSA) is 65.0 Å². The quantitative estimate of drug-likeness (QED) is 0.463. The molecule has 0 aliphatic carbocycles. The van der Waals surface area contributed by atoms with Crippen LogP contribution in [0.5, 0.6) is 0 Å². The molecule has 174 valence electrons. The number of anilines is 1. The molecule has 3 rings (SSSR count). The van der Waals surface area contributed by atoms with Crippen molar-refractivity contribution in [3.05, 3.63) is 59.8 Å². The van der Waals surface area contributed by atoms with Gasteiger partial charge >= 0.3 is 0 Å². The summed E-state index contributed by atoms with van der Waals surface area (Å²) in [4.78, 5) is 13.8. The van der Waals surface area contributed by atoms with Gasteiger partial charge in [0.1, 0.15) is 5.82 Å². The van der Waals surface area contributed by atoms with Crippen LogP contribution in [-0.4, -0.2) is 68.3 Å². The van der Waals surface area contributed by atoms with E-state index in [0.717, 1.165) is 51.1 Å². The van der Waals surface area contributed by atoms with Crippen molar-refractivity contribution in [1.29, 1.82) is 0 Å². The maximum atomic E-state index is 5.66. The first kappa shape index (κ1) is 24.0. The lowest BCUT2D eigenvalue weighted by Crippen LogP contribution is -2.43. The van der Waals surface area contributed by atoms with Crippen LogP contribution in [0.3, 0.4) is 0 Å². The number of pyridine rings is 1. The monoisotopic (exact) mass is 438 g/mol. The Hall–Kier alpha value is -2.64. The molecular formula is C25H38N6O. The van der Waals surface area contributed by atoms with Gasteiger partial charge in [-0.2, -0.15) is 0 Å². The summed E-state index contributed by atoms with van der Waals surface area (Å²) in [6.45, 7) is 12.5. The number of morpholine rings is 1. The molecule has 7 heteroatoms. The second-order valence-corrected chi connectivity index (χ2v) is 8.10. The molecule has 1 aliphatic rings. The SMILES string of the molecule is CCN(CC)C(CNC(=NC)NCc1ccnc(N2CCOC(C)C2)c1)c1ccccc1. The van der Waals surface area contributed by atoms with Crippen LogP contribution < -0.4 is 15.5 Å². The van der Waals surface area contributed by atoms with Crippen molar-refractivity contribution in [2.24, 2.45) is 4.99 Å². The lowest BCUT2D eigenvalue weighted by molar-refractivity contribution is 0.0529. The van der Waals surface area contributed by atoms with E-state index in [9.17, 15) is 0 Å². The van der Waals surface area contributed by atoms with E-state index in [1.807, 2.05) is 13.2 Å². The number of nitrogens with one attached hydrogen (secondary N) is 2. The minimum atomic E-state index is 0.235. The fourth-order valence-corrected chi connectivity index (χ4v) is 4.17. The van der Waals surface area contributed by atoms with Gasteiger partial charge in [-0.15, -0.1) is 0 Å². The molecule has 1 fully saturated rings. The smallest absolute Gasteiger partial charge is 0.191 e. The first-order chi connectivity index (χ1) is 15.6. The third kappa shape index (κ3) is 6.68. The van der Waals surface area contributed by atoms with E-state index in [-0.39, 0.29) is 6.10 Å². The third-order valence-electron chi connectivity index (χ3n) is 5.96. The highest BCUT2D eigenvalue weighted by Gasteiger charge is 2.19. The van der Waals surface area contributed by atoms with E-state index >= 15 is 0 Å². The van der Waals surface area contributed by atoms with Crippen molar-refractivity contribution >= 4 is 11.8 Å². The molecular weight excluding hydrogens is 400 g/mol. The Morgan fingerprint density at radius 2 is 2.00 bits per heavy atom. The minimum absolute atomic E-state index is 0.235. The number of hydrogen-bond acceptors (Lipinski definition) is 5. The molecule has 32 heavy (non-hydrogen) atoms. The van der Waals surface area contributed by atoms with Gasteiger partial charge in [-0.25, -0.2) is 4.98 Å². The lowest BCUT2D eigenvalue weighted by atomic mass is 10.1. The van der Waals surface area contributed by atoms with Crippen LogP contribution in [0, 0.1) is 0 Å². The van der Waals surface area contributed by atoms with Crippen LogP contribution in [0.25, 0.3) is 0 Å². The Kier molecular flexibility index (Phi) is 9.31. The predicted molar refractivity (Wildman–Crippen MR) is 132 cm³/mol. The number of benzene rings is 1. The van der Waals surface area contributed by atoms with Crippen LogP contribution in [0.2, 0.25) is 0 Å². The lowest BCUT2D eigenvalue weighted by Gasteiger charge is -2.32. The summed E-state index contributed by atoms with van der Waals surface area (Å²) in [5.41, 5.74) is 2.50. The van der Waals surface area contributed by atoms with Gasteiger partial charge in [-0.05, 0) is 43.3 Å². The Labute approximate surface area is 192 Å². The Morgan fingerprint density at radius 1 is 1.22 bits per heavy atom. The predicted octanol–water partition coefficient (Wildman–Crippen LogP) is 3.05. The standard InChI is InChI=1S/C25H38N6O/c1-5-30(6-2)23(22-10-8-7-9-11-22)18-29-25(26-4)28-17-21-12-13-27-24(16-21)31-14-15-32-20(3)19-31/h7-13,16,20,23H,5-6,14-15,17-19H2,1-4H3,(H2,26,28,29). The van der Waals surface area contributed by atoms with Gasteiger partial charge in [0.15, 0.2) is 5.96 Å². The number of guanidine groups is 1. The van der Waals surface area contributed by atoms with Crippen molar-refractivity contribution in [1.82, 2.24) is 20.5 Å². The van der Waals surface area contributed by atoms with Gasteiger partial charge in [0.2, 0.25) is 0 Å². The second-order valence-electron chi connectivity index (χ2n) is 8.10. The van der Waals surface area contributed by atoms with Gasteiger partial charge < -0.3 is 20.3 Å². The van der Waals surface area contributed by atoms with E-state index < -0.39 is 0 Å². The molecule has 2 N–H and O–H groups in total. The van der Waals surface area contributed by atoms with Crippen LogP contribution in [0.15, 0.2) is 53.7 Å². The highest BCUT2D eigenvalue weighted by Crippen LogP contribution is 2.19. The van der Waals surface area contributed by atoms with E-state index in [2.05, 4.69) is 93.6 Å². The number of hydrogen-bond donors (Lipinski definition) is 2. The van der Waals surface area contributed by atoms with Crippen LogP contribution in [-0.2, 0) is 11.3 Å². The summed E-state index contributed by atoms with van der Waals surface area (Å²) < 4.78 is 5.66. The number of aromatic nitrogens is 1. The molecule has 1 aromatic heterocycles. The molecule has 1 saturated heterocycles. The van der Waals surface area contributed by atoms with Crippen LogP contribution >= 0.6 is 0 Å². The van der Waals surface area contributed by atoms with E-state index in [0.29, 0.717) is 12.6 Å². The normalized spacial score (nSPS) is 18.0. The number of ether oxygens (including phenoxy) is 1. The molecule has 7 nitrogen and oxygen atoms in total. The maximum Gasteiger partial charge on any atom is 0.191 e. The zero-order chi connectivity index (χ0) is 22.8. The zero-order valence-corrected chi connectivity index (χ0v) is 19.9. The number of aliphatic imine (C=N–C) groups is 1. The average molecular weight is 439 g/mol. The largest absolute Gasteiger partial charge is 0.375 e. The molecule has 0 spiro atoms. The summed E-state index contributed by atoms with van der Waals surface area (Å²) in [6.07, 6.45) is 2.12. The van der Waals surface area contributed by atoms with Crippen molar-refractivity contribution < 1.29 is 4.74 Å². The Morgan fingerprint density at radius 3 is 2.69 bits per heavy atom. The number of nitrogens with zero attached hydrogens (tertiary/aromatic N) is 4. The Balaban J connectivity index is 1.59. The molecule has 0 saturated carbocycles. The summed E-state index contributed by atoms with van der Waals surface area (Å²) in [6, 6.07) is 15.2. The maximum absolute atomic E-state index is 5.66. The average Bonchev–Trinajstić information content (AvgIpc) is 2.84. The van der Waals surface area contributed by atoms with E-state index in [1.54, 1.807) is 0 Å². The van der Waals surface area contributed by atoms with Gasteiger partial charge in [-0.3, -0.25) is 9.89 Å². The van der Waals surface area contributed by atoms with Crippen molar-refractivity contribution in [3.8, 4) is 0 Å². The van der Waals surface area contributed by atoms with Crippen molar-refractivity contribution in [2.75, 3.05) is 51.3 Å². The third-order valence-corrected chi connectivity index (χ3v) is 5.96. The summed E-state index contributed by atoms with van der Waals surface area (Å²) in [7, 11) is 1.82. The van der Waals surface area contributed by atoms with Crippen LogP contribution in [0.4, 0.5) is 5.82 Å². The van der Waals surface area contributed by atoms with E-state index in [1.165, 1.54) is 11.1 Å². The molecule has 1 aliphatic heterocycles. The molecule has 2 heterocycles. The molecule has 1 aromatic carbocycles. The minimum Gasteiger partial charge on any atom is -0.375 e. The molecule has 0 radical (unpaired) electrons. The van der Waals surface area contributed by atoms with Gasteiger partial charge in [0, 0.05) is 39.4 Å². The molecule has 2 aromatic rings. The Bertz CT molecular complexity index is 839. The zero-order valence-electron chi connectivity index (χ0n) is 19.9. The first-order valence-electron chi connectivity index (χ1n) is 11.7. The number of likely N-dealkylation sites (N-methyl/N-ethyl adjacent to an activating group) is 1. The van der Waals surface area contributed by atoms with Crippen molar-refractivity contribution in [2.45, 2.75) is 39.5 Å². The number of rotatable bonds is 9. The fourth-order valence-electron chi connectivity index (χ4n) is 4.17. The second kappa shape index (κ2) is 12.4. The first-order valence-corrected chi connectivity index (χ1v) is 11.7. The summed E-state index contributed by atoms with van der Waals surface area (Å²) >= 11 is 0. The van der Waals surface area contributed by atoms with Crippen LogP contribution in [0.1, 0.15) is 37.9 Å². The van der Waals surface area contributed by atoms with Gasteiger partial charge in [0.05, 0.1) is 18.8 Å². The molecule has 2 atom stereocenters. The highest BCUT2D eigenvalue weighted by molar-refractivity contribution is 5.79. The fraction of sp³-hybridized carbons (Fsp3) is 0.520.